The molecule has 1 aromatic carbocycles. The highest BCUT2D eigenvalue weighted by Gasteiger charge is 2.29. The lowest BCUT2D eigenvalue weighted by Gasteiger charge is -2.29. The van der Waals surface area contributed by atoms with Gasteiger partial charge in [0.2, 0.25) is 0 Å². The summed E-state index contributed by atoms with van der Waals surface area (Å²) < 4.78 is 5.51. The third kappa shape index (κ3) is 2.29. The van der Waals surface area contributed by atoms with Gasteiger partial charge in [-0.3, -0.25) is 0 Å². The Labute approximate surface area is 109 Å². The molecule has 0 spiro atoms. The largest absolute Gasteiger partial charge is 0.496 e. The lowest BCUT2D eigenvalue weighted by Crippen LogP contribution is -2.25. The van der Waals surface area contributed by atoms with Gasteiger partial charge >= 0.3 is 0 Å². The SMILES string of the molecule is COc1c(C)c(C)c(Cl)c(C)c1C(C)(C)CO. The molecule has 1 N–H and O–H groups in total. The molecule has 0 aromatic heterocycles. The highest BCUT2D eigenvalue weighted by atomic mass is 35.5. The van der Waals surface area contributed by atoms with Crippen molar-refractivity contribution in [3.05, 3.63) is 27.3 Å². The van der Waals surface area contributed by atoms with E-state index in [2.05, 4.69) is 0 Å². The number of aliphatic hydroxyl groups excluding tert-OH is 1. The van der Waals surface area contributed by atoms with E-state index in [0.29, 0.717) is 0 Å². The fourth-order valence-corrected chi connectivity index (χ4v) is 2.47. The van der Waals surface area contributed by atoms with Crippen molar-refractivity contribution in [2.45, 2.75) is 40.0 Å². The Morgan fingerprint density at radius 3 is 2.06 bits per heavy atom. The molecule has 0 aliphatic heterocycles. The average molecular weight is 257 g/mol. The molecule has 0 heterocycles. The molecule has 0 aliphatic rings. The summed E-state index contributed by atoms with van der Waals surface area (Å²) >= 11 is 6.34. The summed E-state index contributed by atoms with van der Waals surface area (Å²) in [4.78, 5) is 0. The molecule has 0 radical (unpaired) electrons. The van der Waals surface area contributed by atoms with Crippen molar-refractivity contribution in [1.29, 1.82) is 0 Å². The number of methoxy groups -OCH3 is 1. The van der Waals surface area contributed by atoms with E-state index >= 15 is 0 Å². The quantitative estimate of drug-likeness (QED) is 0.896. The zero-order valence-corrected chi connectivity index (χ0v) is 12.2. The van der Waals surface area contributed by atoms with E-state index in [1.54, 1.807) is 7.11 Å². The van der Waals surface area contributed by atoms with E-state index < -0.39 is 0 Å². The van der Waals surface area contributed by atoms with E-state index in [4.69, 9.17) is 16.3 Å². The van der Waals surface area contributed by atoms with Gasteiger partial charge in [0.1, 0.15) is 5.75 Å². The van der Waals surface area contributed by atoms with Crippen LogP contribution in [0.3, 0.4) is 0 Å². The van der Waals surface area contributed by atoms with Gasteiger partial charge in [0, 0.05) is 16.0 Å². The van der Waals surface area contributed by atoms with Crippen LogP contribution >= 0.6 is 11.6 Å². The van der Waals surface area contributed by atoms with Crippen LogP contribution in [0.2, 0.25) is 5.02 Å². The molecule has 2 nitrogen and oxygen atoms in total. The summed E-state index contributed by atoms with van der Waals surface area (Å²) in [5.41, 5.74) is 3.71. The molecule has 96 valence electrons. The number of halogens is 1. The highest BCUT2D eigenvalue weighted by Crippen LogP contribution is 2.41. The van der Waals surface area contributed by atoms with Gasteiger partial charge in [-0.15, -0.1) is 0 Å². The van der Waals surface area contributed by atoms with Crippen molar-refractivity contribution in [3.63, 3.8) is 0 Å². The Kier molecular flexibility index (Phi) is 4.11. The molecule has 0 atom stereocenters. The second kappa shape index (κ2) is 4.87. The predicted octanol–water partition coefficient (Wildman–Crippen LogP) is 3.54. The summed E-state index contributed by atoms with van der Waals surface area (Å²) in [6.45, 7) is 10.00. The summed E-state index contributed by atoms with van der Waals surface area (Å²) in [6, 6.07) is 0. The van der Waals surface area contributed by atoms with Crippen molar-refractivity contribution in [1.82, 2.24) is 0 Å². The number of hydrogen-bond acceptors (Lipinski definition) is 2. The van der Waals surface area contributed by atoms with Crippen molar-refractivity contribution in [2.24, 2.45) is 0 Å². The number of benzene rings is 1. The van der Waals surface area contributed by atoms with Crippen LogP contribution in [-0.4, -0.2) is 18.8 Å². The molecule has 0 unspecified atom stereocenters. The first-order chi connectivity index (χ1) is 7.77. The molecule has 0 fully saturated rings. The molecule has 3 heteroatoms. The number of ether oxygens (including phenoxy) is 1. The Balaban J connectivity index is 3.70. The number of rotatable bonds is 3. The van der Waals surface area contributed by atoms with Crippen LogP contribution in [0, 0.1) is 20.8 Å². The molecule has 17 heavy (non-hydrogen) atoms. The summed E-state index contributed by atoms with van der Waals surface area (Å²) in [6.07, 6.45) is 0. The van der Waals surface area contributed by atoms with Crippen LogP contribution in [0.4, 0.5) is 0 Å². The van der Waals surface area contributed by atoms with Crippen LogP contribution < -0.4 is 4.74 Å². The number of hydrogen-bond donors (Lipinski definition) is 1. The third-order valence-electron chi connectivity index (χ3n) is 3.44. The molecule has 0 amide bonds. The molecular weight excluding hydrogens is 236 g/mol. The fourth-order valence-electron chi connectivity index (χ4n) is 2.23. The summed E-state index contributed by atoms with van der Waals surface area (Å²) in [7, 11) is 1.66. The molecule has 1 rings (SSSR count). The Hall–Kier alpha value is -0.730. The topological polar surface area (TPSA) is 29.5 Å². The molecule has 0 aliphatic carbocycles. The maximum atomic E-state index is 9.54. The zero-order valence-electron chi connectivity index (χ0n) is 11.4. The molecule has 0 saturated carbocycles. The third-order valence-corrected chi connectivity index (χ3v) is 4.01. The highest BCUT2D eigenvalue weighted by molar-refractivity contribution is 6.32. The van der Waals surface area contributed by atoms with Gasteiger partial charge in [-0.05, 0) is 37.5 Å². The minimum Gasteiger partial charge on any atom is -0.496 e. The Morgan fingerprint density at radius 1 is 1.12 bits per heavy atom. The van der Waals surface area contributed by atoms with E-state index in [1.807, 2.05) is 34.6 Å². The second-order valence-electron chi connectivity index (χ2n) is 5.14. The fraction of sp³-hybridized carbons (Fsp3) is 0.571. The van der Waals surface area contributed by atoms with E-state index in [1.165, 1.54) is 0 Å². The average Bonchev–Trinajstić information content (AvgIpc) is 2.30. The van der Waals surface area contributed by atoms with Crippen molar-refractivity contribution < 1.29 is 9.84 Å². The molecular formula is C14H21ClO2. The van der Waals surface area contributed by atoms with E-state index in [9.17, 15) is 5.11 Å². The van der Waals surface area contributed by atoms with Gasteiger partial charge in [0.05, 0.1) is 13.7 Å². The predicted molar refractivity (Wildman–Crippen MR) is 72.3 cm³/mol. The van der Waals surface area contributed by atoms with Crippen LogP contribution in [0.15, 0.2) is 0 Å². The van der Waals surface area contributed by atoms with Gasteiger partial charge in [0.25, 0.3) is 0 Å². The zero-order chi connectivity index (χ0) is 13.4. The van der Waals surface area contributed by atoms with Crippen LogP contribution in [0.5, 0.6) is 5.75 Å². The minimum atomic E-state index is -0.364. The Bertz CT molecular complexity index is 437. The normalized spacial score (nSPS) is 11.8. The standard InChI is InChI=1S/C14H21ClO2/c1-8-9(2)13(17-6)11(10(3)12(8)15)14(4,5)7-16/h16H,7H2,1-6H3. The van der Waals surface area contributed by atoms with Crippen LogP contribution in [0.25, 0.3) is 0 Å². The lowest BCUT2D eigenvalue weighted by atomic mass is 9.80. The van der Waals surface area contributed by atoms with Gasteiger partial charge in [-0.1, -0.05) is 25.4 Å². The first kappa shape index (κ1) is 14.3. The lowest BCUT2D eigenvalue weighted by molar-refractivity contribution is 0.214. The van der Waals surface area contributed by atoms with Gasteiger partial charge in [0.15, 0.2) is 0 Å². The molecule has 1 aromatic rings. The Morgan fingerprint density at radius 2 is 1.65 bits per heavy atom. The van der Waals surface area contributed by atoms with Crippen molar-refractivity contribution >= 4 is 11.6 Å². The minimum absolute atomic E-state index is 0.0586. The van der Waals surface area contributed by atoms with Gasteiger partial charge < -0.3 is 9.84 Å². The summed E-state index contributed by atoms with van der Waals surface area (Å²) in [5, 5.41) is 10.3. The maximum Gasteiger partial charge on any atom is 0.126 e. The van der Waals surface area contributed by atoms with Crippen LogP contribution in [-0.2, 0) is 5.41 Å². The summed E-state index contributed by atoms with van der Waals surface area (Å²) in [5.74, 6) is 0.837. The number of aliphatic hydroxyl groups is 1. The van der Waals surface area contributed by atoms with Crippen molar-refractivity contribution in [2.75, 3.05) is 13.7 Å². The van der Waals surface area contributed by atoms with E-state index in [0.717, 1.165) is 33.0 Å². The first-order valence-electron chi connectivity index (χ1n) is 5.72. The first-order valence-corrected chi connectivity index (χ1v) is 6.10. The maximum absolute atomic E-state index is 9.54. The van der Waals surface area contributed by atoms with Crippen molar-refractivity contribution in [3.8, 4) is 5.75 Å². The monoisotopic (exact) mass is 256 g/mol. The van der Waals surface area contributed by atoms with Gasteiger partial charge in [-0.2, -0.15) is 0 Å². The molecule has 0 saturated heterocycles. The van der Waals surface area contributed by atoms with Gasteiger partial charge in [-0.25, -0.2) is 0 Å². The molecule has 0 bridgehead atoms. The second-order valence-corrected chi connectivity index (χ2v) is 5.52. The smallest absolute Gasteiger partial charge is 0.126 e. The van der Waals surface area contributed by atoms with Crippen LogP contribution in [0.1, 0.15) is 36.1 Å². The van der Waals surface area contributed by atoms with E-state index in [-0.39, 0.29) is 12.0 Å².